The third-order valence-corrected chi connectivity index (χ3v) is 4.75. The van der Waals surface area contributed by atoms with Crippen molar-refractivity contribution in [2.75, 3.05) is 13.7 Å². The Kier molecular flexibility index (Phi) is 4.27. The maximum Gasteiger partial charge on any atom is 0.137 e. The molecule has 19 heavy (non-hydrogen) atoms. The lowest BCUT2D eigenvalue weighted by molar-refractivity contribution is 0.0481. The minimum absolute atomic E-state index is 0.245. The first-order chi connectivity index (χ1) is 9.01. The summed E-state index contributed by atoms with van der Waals surface area (Å²) >= 11 is 0. The standard InChI is InChI=1S/C17H29NO/c1-6-7-11-18-16-14(9-8-10-15(16)19-5)13(2)12-17(18,3)4/h8,10,13-14H,6-7,9,11-12H2,1-5H3. The lowest BCUT2D eigenvalue weighted by Crippen LogP contribution is -2.52. The van der Waals surface area contributed by atoms with Gasteiger partial charge in [-0.15, -0.1) is 0 Å². The van der Waals surface area contributed by atoms with Crippen LogP contribution in [0.15, 0.2) is 23.6 Å². The number of fused-ring (bicyclic) bond motifs is 1. The summed E-state index contributed by atoms with van der Waals surface area (Å²) < 4.78 is 5.66. The van der Waals surface area contributed by atoms with E-state index < -0.39 is 0 Å². The van der Waals surface area contributed by atoms with Gasteiger partial charge < -0.3 is 9.64 Å². The van der Waals surface area contributed by atoms with Crippen LogP contribution >= 0.6 is 0 Å². The van der Waals surface area contributed by atoms with Crippen molar-refractivity contribution in [2.45, 2.75) is 58.9 Å². The molecule has 1 heterocycles. The molecule has 0 saturated carbocycles. The van der Waals surface area contributed by atoms with Gasteiger partial charge in [-0.05, 0) is 45.1 Å². The Balaban J connectivity index is 2.39. The minimum atomic E-state index is 0.245. The quantitative estimate of drug-likeness (QED) is 0.748. The Labute approximate surface area is 118 Å². The molecular formula is C17H29NO. The highest BCUT2D eigenvalue weighted by Crippen LogP contribution is 2.46. The maximum absolute atomic E-state index is 5.66. The SMILES string of the molecule is CCCCN1C2=C(OC)C=CCC2C(C)CC1(C)C. The predicted octanol–water partition coefficient (Wildman–Crippen LogP) is 4.34. The van der Waals surface area contributed by atoms with E-state index in [9.17, 15) is 0 Å². The summed E-state index contributed by atoms with van der Waals surface area (Å²) in [6, 6.07) is 0. The number of likely N-dealkylation sites (tertiary alicyclic amines) is 1. The van der Waals surface area contributed by atoms with Gasteiger partial charge in [-0.1, -0.05) is 26.3 Å². The number of hydrogen-bond donors (Lipinski definition) is 0. The van der Waals surface area contributed by atoms with Crippen molar-refractivity contribution < 1.29 is 4.74 Å². The Morgan fingerprint density at radius 2 is 2.16 bits per heavy atom. The third kappa shape index (κ3) is 2.68. The lowest BCUT2D eigenvalue weighted by Gasteiger charge is -2.52. The molecule has 2 nitrogen and oxygen atoms in total. The Bertz CT molecular complexity index is 381. The highest BCUT2D eigenvalue weighted by atomic mass is 16.5. The number of nitrogens with zero attached hydrogens (tertiary/aromatic N) is 1. The van der Waals surface area contributed by atoms with Crippen molar-refractivity contribution >= 4 is 0 Å². The van der Waals surface area contributed by atoms with E-state index in [-0.39, 0.29) is 5.54 Å². The molecule has 2 heteroatoms. The van der Waals surface area contributed by atoms with Crippen LogP contribution in [0.25, 0.3) is 0 Å². The van der Waals surface area contributed by atoms with E-state index >= 15 is 0 Å². The van der Waals surface area contributed by atoms with E-state index in [4.69, 9.17) is 4.74 Å². The molecule has 0 aromatic rings. The largest absolute Gasteiger partial charge is 0.495 e. The van der Waals surface area contributed by atoms with E-state index in [0.29, 0.717) is 5.92 Å². The van der Waals surface area contributed by atoms with E-state index in [1.54, 1.807) is 7.11 Å². The molecule has 108 valence electrons. The molecule has 2 atom stereocenters. The van der Waals surface area contributed by atoms with Gasteiger partial charge in [0.1, 0.15) is 5.76 Å². The second-order valence-corrected chi connectivity index (χ2v) is 6.70. The zero-order chi connectivity index (χ0) is 14.0. The van der Waals surface area contributed by atoms with Gasteiger partial charge in [0.2, 0.25) is 0 Å². The third-order valence-electron chi connectivity index (χ3n) is 4.75. The van der Waals surface area contributed by atoms with Gasteiger partial charge in [-0.3, -0.25) is 0 Å². The molecule has 0 N–H and O–H groups in total. The van der Waals surface area contributed by atoms with Crippen LogP contribution in [0.1, 0.15) is 53.4 Å². The highest BCUT2D eigenvalue weighted by Gasteiger charge is 2.43. The lowest BCUT2D eigenvalue weighted by atomic mass is 9.72. The second-order valence-electron chi connectivity index (χ2n) is 6.70. The number of ether oxygens (including phenoxy) is 1. The first-order valence-electron chi connectivity index (χ1n) is 7.73. The number of allylic oxidation sites excluding steroid dienone is 3. The molecule has 0 amide bonds. The van der Waals surface area contributed by atoms with Crippen LogP contribution in [-0.2, 0) is 4.74 Å². The van der Waals surface area contributed by atoms with Crippen LogP contribution in [0.5, 0.6) is 0 Å². The summed E-state index contributed by atoms with van der Waals surface area (Å²) in [7, 11) is 1.80. The van der Waals surface area contributed by atoms with Gasteiger partial charge in [-0.25, -0.2) is 0 Å². The molecular weight excluding hydrogens is 234 g/mol. The summed E-state index contributed by atoms with van der Waals surface area (Å²) in [5, 5.41) is 0. The van der Waals surface area contributed by atoms with Crippen molar-refractivity contribution in [3.63, 3.8) is 0 Å². The monoisotopic (exact) mass is 263 g/mol. The van der Waals surface area contributed by atoms with E-state index in [0.717, 1.165) is 18.2 Å². The van der Waals surface area contributed by atoms with Crippen molar-refractivity contribution in [1.29, 1.82) is 0 Å². The van der Waals surface area contributed by atoms with E-state index in [1.165, 1.54) is 31.4 Å². The summed E-state index contributed by atoms with van der Waals surface area (Å²) in [6.45, 7) is 10.6. The van der Waals surface area contributed by atoms with Gasteiger partial charge in [0.05, 0.1) is 12.8 Å². The zero-order valence-corrected chi connectivity index (χ0v) is 13.2. The average molecular weight is 263 g/mol. The van der Waals surface area contributed by atoms with Crippen molar-refractivity contribution in [2.24, 2.45) is 11.8 Å². The first-order valence-corrected chi connectivity index (χ1v) is 7.73. The van der Waals surface area contributed by atoms with E-state index in [2.05, 4.69) is 44.7 Å². The van der Waals surface area contributed by atoms with Gasteiger partial charge >= 0.3 is 0 Å². The molecule has 1 aliphatic carbocycles. The molecule has 0 radical (unpaired) electrons. The molecule has 2 rings (SSSR count). The number of rotatable bonds is 4. The van der Waals surface area contributed by atoms with Crippen molar-refractivity contribution in [3.05, 3.63) is 23.6 Å². The van der Waals surface area contributed by atoms with Gasteiger partial charge in [-0.2, -0.15) is 0 Å². The van der Waals surface area contributed by atoms with Crippen LogP contribution in [0.2, 0.25) is 0 Å². The fourth-order valence-corrected chi connectivity index (χ4v) is 3.81. The first kappa shape index (κ1) is 14.5. The van der Waals surface area contributed by atoms with Gasteiger partial charge in [0.25, 0.3) is 0 Å². The van der Waals surface area contributed by atoms with Gasteiger partial charge in [0.15, 0.2) is 0 Å². The van der Waals surface area contributed by atoms with E-state index in [1.807, 2.05) is 0 Å². The summed E-state index contributed by atoms with van der Waals surface area (Å²) in [6.07, 6.45) is 9.39. The molecule has 1 saturated heterocycles. The van der Waals surface area contributed by atoms with Crippen LogP contribution < -0.4 is 0 Å². The van der Waals surface area contributed by atoms with Crippen LogP contribution in [-0.4, -0.2) is 24.1 Å². The number of methoxy groups -OCH3 is 1. The topological polar surface area (TPSA) is 12.5 Å². The molecule has 0 bridgehead atoms. The molecule has 0 spiro atoms. The minimum Gasteiger partial charge on any atom is -0.495 e. The molecule has 2 unspecified atom stereocenters. The molecule has 1 fully saturated rings. The second kappa shape index (κ2) is 5.60. The molecule has 0 aromatic carbocycles. The highest BCUT2D eigenvalue weighted by molar-refractivity contribution is 5.30. The normalized spacial score (nSPS) is 29.4. The predicted molar refractivity (Wildman–Crippen MR) is 80.8 cm³/mol. The Morgan fingerprint density at radius 1 is 1.42 bits per heavy atom. The Morgan fingerprint density at radius 3 is 2.79 bits per heavy atom. The van der Waals surface area contributed by atoms with Crippen LogP contribution in [0, 0.1) is 11.8 Å². The summed E-state index contributed by atoms with van der Waals surface area (Å²) in [4.78, 5) is 2.63. The smallest absolute Gasteiger partial charge is 0.137 e. The number of hydrogen-bond acceptors (Lipinski definition) is 2. The van der Waals surface area contributed by atoms with Crippen molar-refractivity contribution in [1.82, 2.24) is 4.90 Å². The summed E-state index contributed by atoms with van der Waals surface area (Å²) in [5.74, 6) is 2.47. The van der Waals surface area contributed by atoms with Gasteiger partial charge in [0, 0.05) is 18.0 Å². The summed E-state index contributed by atoms with van der Waals surface area (Å²) in [5.41, 5.74) is 1.71. The fourth-order valence-electron chi connectivity index (χ4n) is 3.81. The zero-order valence-electron chi connectivity index (χ0n) is 13.2. The van der Waals surface area contributed by atoms with Crippen LogP contribution in [0.3, 0.4) is 0 Å². The number of unbranched alkanes of at least 4 members (excludes halogenated alkanes) is 1. The maximum atomic E-state index is 5.66. The average Bonchev–Trinajstić information content (AvgIpc) is 2.37. The fraction of sp³-hybridized carbons (Fsp3) is 0.765. The Hall–Kier alpha value is -0.920. The van der Waals surface area contributed by atoms with Crippen LogP contribution in [0.4, 0.5) is 0 Å². The molecule has 2 aliphatic rings. The molecule has 0 aromatic heterocycles. The van der Waals surface area contributed by atoms with Crippen molar-refractivity contribution in [3.8, 4) is 0 Å². The molecule has 1 aliphatic heterocycles. The number of piperidine rings is 1.